The van der Waals surface area contributed by atoms with Gasteiger partial charge in [0.25, 0.3) is 0 Å². The first-order valence-electron chi connectivity index (χ1n) is 7.93. The van der Waals surface area contributed by atoms with E-state index in [0.29, 0.717) is 26.2 Å². The van der Waals surface area contributed by atoms with Gasteiger partial charge in [-0.25, -0.2) is 4.79 Å². The van der Waals surface area contributed by atoms with Crippen LogP contribution in [0.15, 0.2) is 24.5 Å². The number of nitrogens with zero attached hydrogens (tertiary/aromatic N) is 2. The minimum Gasteiger partial charge on any atom is -0.444 e. The second kappa shape index (κ2) is 9.47. The van der Waals surface area contributed by atoms with Crippen LogP contribution in [0.5, 0.6) is 0 Å². The fourth-order valence-electron chi connectivity index (χ4n) is 1.99. The van der Waals surface area contributed by atoms with Crippen LogP contribution in [0, 0.1) is 0 Å². The minimum atomic E-state index is -0.501. The van der Waals surface area contributed by atoms with Crippen LogP contribution in [0.2, 0.25) is 0 Å². The summed E-state index contributed by atoms with van der Waals surface area (Å²) in [5, 5.41) is 3.39. The van der Waals surface area contributed by atoms with Crippen molar-refractivity contribution in [3.63, 3.8) is 0 Å². The van der Waals surface area contributed by atoms with Crippen molar-refractivity contribution in [2.75, 3.05) is 33.4 Å². The first kappa shape index (κ1) is 19.4. The van der Waals surface area contributed by atoms with Crippen molar-refractivity contribution in [1.29, 1.82) is 0 Å². The van der Waals surface area contributed by atoms with Crippen molar-refractivity contribution in [3.05, 3.63) is 30.1 Å². The highest BCUT2D eigenvalue weighted by Crippen LogP contribution is 2.11. The van der Waals surface area contributed by atoms with Crippen LogP contribution in [0.3, 0.4) is 0 Å². The molecule has 0 aliphatic rings. The average Bonchev–Trinajstić information content (AvgIpc) is 2.49. The standard InChI is InChI=1S/C17H29N3O3/c1-14(15-7-6-8-18-13-15)19-9-10-20(11-12-22-5)16(21)23-17(2,3)4/h6-8,13-14,19H,9-12H2,1-5H3. The molecule has 1 N–H and O–H groups in total. The molecule has 1 aromatic heterocycles. The molecule has 0 fully saturated rings. The van der Waals surface area contributed by atoms with E-state index in [1.807, 2.05) is 39.1 Å². The molecule has 1 amide bonds. The van der Waals surface area contributed by atoms with Crippen LogP contribution in [-0.2, 0) is 9.47 Å². The third kappa shape index (κ3) is 7.95. The molecule has 130 valence electrons. The van der Waals surface area contributed by atoms with E-state index >= 15 is 0 Å². The SMILES string of the molecule is COCCN(CCNC(C)c1cccnc1)C(=O)OC(C)(C)C. The summed E-state index contributed by atoms with van der Waals surface area (Å²) in [7, 11) is 1.62. The zero-order valence-electron chi connectivity index (χ0n) is 14.8. The first-order valence-corrected chi connectivity index (χ1v) is 7.93. The van der Waals surface area contributed by atoms with E-state index < -0.39 is 5.60 Å². The third-order valence-corrected chi connectivity index (χ3v) is 3.23. The summed E-state index contributed by atoms with van der Waals surface area (Å²) in [4.78, 5) is 18.0. The van der Waals surface area contributed by atoms with Gasteiger partial charge in [0.05, 0.1) is 6.61 Å². The van der Waals surface area contributed by atoms with Gasteiger partial charge < -0.3 is 19.7 Å². The summed E-state index contributed by atoms with van der Waals surface area (Å²) < 4.78 is 10.5. The number of nitrogens with one attached hydrogen (secondary N) is 1. The maximum atomic E-state index is 12.2. The predicted octanol–water partition coefficient (Wildman–Crippen LogP) is 2.62. The first-order chi connectivity index (χ1) is 10.8. The molecule has 0 bridgehead atoms. The lowest BCUT2D eigenvalue weighted by Gasteiger charge is -2.27. The Kier molecular flexibility index (Phi) is 7.98. The molecule has 0 spiro atoms. The summed E-state index contributed by atoms with van der Waals surface area (Å²) in [6.07, 6.45) is 3.28. The molecule has 0 aromatic carbocycles. The molecule has 1 atom stereocenters. The molecule has 0 aliphatic carbocycles. The van der Waals surface area contributed by atoms with Gasteiger partial charge >= 0.3 is 6.09 Å². The maximum absolute atomic E-state index is 12.2. The lowest BCUT2D eigenvalue weighted by atomic mass is 10.1. The second-order valence-corrected chi connectivity index (χ2v) is 6.42. The van der Waals surface area contributed by atoms with E-state index in [1.165, 1.54) is 0 Å². The largest absolute Gasteiger partial charge is 0.444 e. The molecular weight excluding hydrogens is 294 g/mol. The van der Waals surface area contributed by atoms with Crippen molar-refractivity contribution >= 4 is 6.09 Å². The number of methoxy groups -OCH3 is 1. The van der Waals surface area contributed by atoms with Crippen molar-refractivity contribution in [1.82, 2.24) is 15.2 Å². The Balaban J connectivity index is 2.49. The van der Waals surface area contributed by atoms with Crippen LogP contribution < -0.4 is 5.32 Å². The Labute approximate surface area is 139 Å². The van der Waals surface area contributed by atoms with Gasteiger partial charge in [-0.1, -0.05) is 6.07 Å². The Morgan fingerprint density at radius 1 is 1.39 bits per heavy atom. The highest BCUT2D eigenvalue weighted by Gasteiger charge is 2.21. The lowest BCUT2D eigenvalue weighted by molar-refractivity contribution is 0.0203. The number of carbonyl (C=O) groups is 1. The monoisotopic (exact) mass is 323 g/mol. The Bertz CT molecular complexity index is 460. The van der Waals surface area contributed by atoms with Crippen LogP contribution in [0.25, 0.3) is 0 Å². The topological polar surface area (TPSA) is 63.7 Å². The van der Waals surface area contributed by atoms with Crippen molar-refractivity contribution < 1.29 is 14.3 Å². The number of hydrogen-bond acceptors (Lipinski definition) is 5. The van der Waals surface area contributed by atoms with Gasteiger partial charge in [0.2, 0.25) is 0 Å². The van der Waals surface area contributed by atoms with Gasteiger partial charge in [-0.05, 0) is 39.3 Å². The second-order valence-electron chi connectivity index (χ2n) is 6.42. The smallest absolute Gasteiger partial charge is 0.410 e. The quantitative estimate of drug-likeness (QED) is 0.797. The van der Waals surface area contributed by atoms with Gasteiger partial charge in [-0.3, -0.25) is 4.98 Å². The molecule has 0 saturated carbocycles. The molecule has 1 aromatic rings. The van der Waals surface area contributed by atoms with E-state index in [9.17, 15) is 4.79 Å². The molecule has 0 radical (unpaired) electrons. The van der Waals surface area contributed by atoms with E-state index in [1.54, 1.807) is 18.2 Å². The van der Waals surface area contributed by atoms with E-state index in [2.05, 4.69) is 17.2 Å². The van der Waals surface area contributed by atoms with Gasteiger partial charge in [-0.15, -0.1) is 0 Å². The van der Waals surface area contributed by atoms with Crippen molar-refractivity contribution in [2.45, 2.75) is 39.3 Å². The zero-order chi connectivity index (χ0) is 17.3. The van der Waals surface area contributed by atoms with Crippen LogP contribution in [0.1, 0.15) is 39.3 Å². The number of rotatable bonds is 8. The molecule has 0 aliphatic heterocycles. The molecule has 1 rings (SSSR count). The third-order valence-electron chi connectivity index (χ3n) is 3.23. The Morgan fingerprint density at radius 3 is 2.70 bits per heavy atom. The van der Waals surface area contributed by atoms with Crippen LogP contribution in [0.4, 0.5) is 4.79 Å². The predicted molar refractivity (Wildman–Crippen MR) is 90.3 cm³/mol. The zero-order valence-corrected chi connectivity index (χ0v) is 14.8. The summed E-state index contributed by atoms with van der Waals surface area (Å²) >= 11 is 0. The molecule has 1 unspecified atom stereocenters. The number of hydrogen-bond donors (Lipinski definition) is 1. The highest BCUT2D eigenvalue weighted by molar-refractivity contribution is 5.68. The molecule has 0 saturated heterocycles. The molecular formula is C17H29N3O3. The van der Waals surface area contributed by atoms with Gasteiger partial charge in [0.15, 0.2) is 0 Å². The van der Waals surface area contributed by atoms with Crippen molar-refractivity contribution in [3.8, 4) is 0 Å². The fraction of sp³-hybridized carbons (Fsp3) is 0.647. The van der Waals surface area contributed by atoms with E-state index in [-0.39, 0.29) is 12.1 Å². The van der Waals surface area contributed by atoms with Gasteiger partial charge in [0.1, 0.15) is 5.60 Å². The summed E-state index contributed by atoms with van der Waals surface area (Å²) in [6, 6.07) is 4.12. The number of ether oxygens (including phenoxy) is 2. The maximum Gasteiger partial charge on any atom is 0.410 e. The normalized spacial score (nSPS) is 12.7. The van der Waals surface area contributed by atoms with Gasteiger partial charge in [-0.2, -0.15) is 0 Å². The molecule has 6 nitrogen and oxygen atoms in total. The number of amides is 1. The fourth-order valence-corrected chi connectivity index (χ4v) is 1.99. The Morgan fingerprint density at radius 2 is 2.13 bits per heavy atom. The number of pyridine rings is 1. The van der Waals surface area contributed by atoms with Crippen molar-refractivity contribution in [2.24, 2.45) is 0 Å². The summed E-state index contributed by atoms with van der Waals surface area (Å²) in [5.74, 6) is 0. The van der Waals surface area contributed by atoms with Crippen LogP contribution in [-0.4, -0.2) is 54.9 Å². The average molecular weight is 323 g/mol. The summed E-state index contributed by atoms with van der Waals surface area (Å²) in [6.45, 7) is 9.88. The van der Waals surface area contributed by atoms with Crippen LogP contribution >= 0.6 is 0 Å². The van der Waals surface area contributed by atoms with E-state index in [4.69, 9.17) is 9.47 Å². The number of carbonyl (C=O) groups excluding carboxylic acids is 1. The number of aromatic nitrogens is 1. The molecule has 1 heterocycles. The highest BCUT2D eigenvalue weighted by atomic mass is 16.6. The molecule has 23 heavy (non-hydrogen) atoms. The summed E-state index contributed by atoms with van der Waals surface area (Å²) in [5.41, 5.74) is 0.618. The minimum absolute atomic E-state index is 0.173. The lowest BCUT2D eigenvalue weighted by Crippen LogP contribution is -2.42. The molecule has 6 heteroatoms. The Hall–Kier alpha value is -1.66. The van der Waals surface area contributed by atoms with E-state index in [0.717, 1.165) is 5.56 Å². The van der Waals surface area contributed by atoms with Gasteiger partial charge in [0, 0.05) is 45.2 Å².